The highest BCUT2D eigenvalue weighted by Crippen LogP contribution is 2.35. The van der Waals surface area contributed by atoms with Crippen LogP contribution in [0.5, 0.6) is 0 Å². The highest BCUT2D eigenvalue weighted by atomic mass is 16.2. The molecule has 0 atom stereocenters. The van der Waals surface area contributed by atoms with Gasteiger partial charge in [-0.05, 0) is 50.7 Å². The zero-order chi connectivity index (χ0) is 19.6. The first-order valence-corrected chi connectivity index (χ1v) is 9.12. The minimum absolute atomic E-state index is 0.339. The molecule has 0 radical (unpaired) electrons. The summed E-state index contributed by atoms with van der Waals surface area (Å²) in [6.07, 6.45) is 2.82. The van der Waals surface area contributed by atoms with Crippen molar-refractivity contribution in [3.05, 3.63) is 35.4 Å². The van der Waals surface area contributed by atoms with Crippen molar-refractivity contribution in [2.45, 2.75) is 45.1 Å². The zero-order valence-corrected chi connectivity index (χ0v) is 15.5. The topological polar surface area (TPSA) is 108 Å². The Morgan fingerprint density at radius 3 is 2.44 bits per heavy atom. The zero-order valence-electron chi connectivity index (χ0n) is 15.5. The summed E-state index contributed by atoms with van der Waals surface area (Å²) in [5.74, 6) is -0.959. The Labute approximate surface area is 157 Å². The minimum Gasteiger partial charge on any atom is -0.343 e. The Morgan fingerprint density at radius 2 is 1.81 bits per heavy atom. The van der Waals surface area contributed by atoms with Gasteiger partial charge >= 0.3 is 6.03 Å². The van der Waals surface area contributed by atoms with Crippen LogP contribution < -0.4 is 16.1 Å². The second-order valence-electron chi connectivity index (χ2n) is 7.42. The molecule has 1 aromatic rings. The molecule has 2 aliphatic rings. The Bertz CT molecular complexity index is 766. The number of rotatable bonds is 4. The van der Waals surface area contributed by atoms with Gasteiger partial charge < -0.3 is 10.6 Å². The van der Waals surface area contributed by atoms with Crippen LogP contribution in [-0.4, -0.2) is 40.8 Å². The molecule has 1 saturated carbocycles. The number of carbonyl (C=O) groups is 4. The first kappa shape index (κ1) is 18.9. The van der Waals surface area contributed by atoms with Crippen LogP contribution in [0.3, 0.4) is 0 Å². The summed E-state index contributed by atoms with van der Waals surface area (Å²) < 4.78 is 0. The van der Waals surface area contributed by atoms with Gasteiger partial charge in [-0.2, -0.15) is 5.01 Å². The average molecular weight is 372 g/mol. The van der Waals surface area contributed by atoms with Crippen molar-refractivity contribution >= 4 is 23.8 Å². The predicted molar refractivity (Wildman–Crippen MR) is 97.4 cm³/mol. The second kappa shape index (κ2) is 7.38. The van der Waals surface area contributed by atoms with Crippen molar-refractivity contribution in [2.24, 2.45) is 5.92 Å². The van der Waals surface area contributed by atoms with Gasteiger partial charge in [0.2, 0.25) is 0 Å². The van der Waals surface area contributed by atoms with E-state index in [1.807, 2.05) is 6.92 Å². The second-order valence-corrected chi connectivity index (χ2v) is 7.42. The lowest BCUT2D eigenvalue weighted by Crippen LogP contribution is -2.52. The summed E-state index contributed by atoms with van der Waals surface area (Å²) in [5, 5.41) is 5.94. The maximum atomic E-state index is 12.7. The maximum Gasteiger partial charge on any atom is 0.344 e. The Kier molecular flexibility index (Phi) is 5.16. The van der Waals surface area contributed by atoms with Crippen molar-refractivity contribution in [3.8, 4) is 0 Å². The van der Waals surface area contributed by atoms with Gasteiger partial charge in [-0.15, -0.1) is 0 Å². The molecule has 0 aromatic heterocycles. The Balaban J connectivity index is 1.54. The molecular formula is C19H24N4O4. The summed E-state index contributed by atoms with van der Waals surface area (Å²) in [6.45, 7) is 3.69. The number of imide groups is 1. The molecule has 8 nitrogen and oxygen atoms in total. The number of nitrogens with zero attached hydrogens (tertiary/aromatic N) is 1. The molecule has 2 fully saturated rings. The van der Waals surface area contributed by atoms with Gasteiger partial charge in [0.05, 0.1) is 6.54 Å². The third kappa shape index (κ3) is 3.94. The minimum atomic E-state index is -0.915. The van der Waals surface area contributed by atoms with E-state index in [4.69, 9.17) is 0 Å². The summed E-state index contributed by atoms with van der Waals surface area (Å²) in [6, 6.07) is 6.29. The van der Waals surface area contributed by atoms with Crippen LogP contribution in [0.15, 0.2) is 24.3 Å². The predicted octanol–water partition coefficient (Wildman–Crippen LogP) is 1.26. The molecule has 0 bridgehead atoms. The van der Waals surface area contributed by atoms with Gasteiger partial charge in [-0.25, -0.2) is 4.79 Å². The quantitative estimate of drug-likeness (QED) is 0.692. The normalized spacial score (nSPS) is 24.7. The van der Waals surface area contributed by atoms with Crippen LogP contribution in [0, 0.1) is 12.8 Å². The number of aryl methyl sites for hydroxylation is 1. The van der Waals surface area contributed by atoms with Crippen molar-refractivity contribution in [3.63, 3.8) is 0 Å². The van der Waals surface area contributed by atoms with Crippen molar-refractivity contribution in [1.82, 2.24) is 21.1 Å². The smallest absolute Gasteiger partial charge is 0.343 e. The lowest BCUT2D eigenvalue weighted by molar-refractivity contribution is -0.139. The maximum absolute atomic E-state index is 12.7. The highest BCUT2D eigenvalue weighted by Gasteiger charge is 2.52. The fourth-order valence-electron chi connectivity index (χ4n) is 3.45. The summed E-state index contributed by atoms with van der Waals surface area (Å²) in [4.78, 5) is 49.0. The van der Waals surface area contributed by atoms with Crippen LogP contribution in [0.1, 0.15) is 48.5 Å². The molecule has 0 unspecified atom stereocenters. The molecule has 3 rings (SSSR count). The molecule has 5 amide bonds. The third-order valence-corrected chi connectivity index (χ3v) is 5.25. The monoisotopic (exact) mass is 372 g/mol. The van der Waals surface area contributed by atoms with E-state index in [0.717, 1.165) is 23.4 Å². The number of benzene rings is 1. The molecule has 27 heavy (non-hydrogen) atoms. The Hall–Kier alpha value is -2.90. The van der Waals surface area contributed by atoms with Gasteiger partial charge in [0.25, 0.3) is 17.7 Å². The molecule has 3 N–H and O–H groups in total. The van der Waals surface area contributed by atoms with Gasteiger partial charge in [-0.1, -0.05) is 24.6 Å². The van der Waals surface area contributed by atoms with E-state index < -0.39 is 29.3 Å². The molecule has 8 heteroatoms. The number of nitrogens with one attached hydrogen (secondary N) is 3. The Morgan fingerprint density at radius 1 is 1.19 bits per heavy atom. The third-order valence-electron chi connectivity index (χ3n) is 5.25. The fraction of sp³-hybridized carbons (Fsp3) is 0.474. The highest BCUT2D eigenvalue weighted by molar-refractivity contribution is 6.08. The van der Waals surface area contributed by atoms with E-state index in [9.17, 15) is 19.2 Å². The molecular weight excluding hydrogens is 348 g/mol. The van der Waals surface area contributed by atoms with Crippen molar-refractivity contribution in [2.75, 3.05) is 6.54 Å². The SMILES string of the molecule is Cc1ccc(C(=O)NCC(=O)NN2C(=O)NC3(CCC(C)CC3)C2=O)cc1. The van der Waals surface area contributed by atoms with Gasteiger partial charge in [0, 0.05) is 5.56 Å². The van der Waals surface area contributed by atoms with E-state index in [-0.39, 0.29) is 6.54 Å². The van der Waals surface area contributed by atoms with Gasteiger partial charge in [0.1, 0.15) is 5.54 Å². The number of hydrogen-bond donors (Lipinski definition) is 3. The molecule has 1 aliphatic heterocycles. The average Bonchev–Trinajstić information content (AvgIpc) is 2.87. The molecule has 1 spiro atoms. The summed E-state index contributed by atoms with van der Waals surface area (Å²) in [5.41, 5.74) is 2.83. The fourth-order valence-corrected chi connectivity index (χ4v) is 3.45. The lowest BCUT2D eigenvalue weighted by Gasteiger charge is -2.33. The van der Waals surface area contributed by atoms with Crippen molar-refractivity contribution < 1.29 is 19.2 Å². The number of hydrogen-bond acceptors (Lipinski definition) is 4. The molecule has 144 valence electrons. The van der Waals surface area contributed by atoms with E-state index in [2.05, 4.69) is 23.0 Å². The van der Waals surface area contributed by atoms with Crippen LogP contribution >= 0.6 is 0 Å². The molecule has 1 aromatic carbocycles. The summed E-state index contributed by atoms with van der Waals surface area (Å²) in [7, 11) is 0. The first-order chi connectivity index (χ1) is 12.8. The van der Waals surface area contributed by atoms with Crippen LogP contribution in [0.4, 0.5) is 4.79 Å². The molecule has 1 aliphatic carbocycles. The van der Waals surface area contributed by atoms with E-state index >= 15 is 0 Å². The number of hydrazine groups is 1. The summed E-state index contributed by atoms with van der Waals surface area (Å²) >= 11 is 0. The van der Waals surface area contributed by atoms with Gasteiger partial charge in [-0.3, -0.25) is 19.8 Å². The standard InChI is InChI=1S/C19H24N4O4/c1-12-3-5-14(6-4-12)16(25)20-11-15(24)22-23-17(26)19(21-18(23)27)9-7-13(2)8-10-19/h3-6,13H,7-11H2,1-2H3,(H,20,25)(H,21,27)(H,22,24). The molecule has 1 heterocycles. The van der Waals surface area contributed by atoms with Crippen LogP contribution in [0.2, 0.25) is 0 Å². The lowest BCUT2D eigenvalue weighted by atomic mass is 9.77. The largest absolute Gasteiger partial charge is 0.344 e. The van der Waals surface area contributed by atoms with E-state index in [1.165, 1.54) is 0 Å². The van der Waals surface area contributed by atoms with Crippen molar-refractivity contribution in [1.29, 1.82) is 0 Å². The number of carbonyl (C=O) groups excluding carboxylic acids is 4. The van der Waals surface area contributed by atoms with Gasteiger partial charge in [0.15, 0.2) is 0 Å². The number of urea groups is 1. The molecule has 1 saturated heterocycles. The van der Waals surface area contributed by atoms with Crippen LogP contribution in [0.25, 0.3) is 0 Å². The number of amides is 5. The van der Waals surface area contributed by atoms with E-state index in [0.29, 0.717) is 24.3 Å². The van der Waals surface area contributed by atoms with E-state index in [1.54, 1.807) is 24.3 Å². The first-order valence-electron chi connectivity index (χ1n) is 9.12. The van der Waals surface area contributed by atoms with Crippen LogP contribution in [-0.2, 0) is 9.59 Å².